The molecule has 0 radical (unpaired) electrons. The van der Waals surface area contributed by atoms with Crippen molar-refractivity contribution in [3.05, 3.63) is 38.7 Å². The largest absolute Gasteiger partial charge is 0.508 e. The zero-order valence-corrected chi connectivity index (χ0v) is 8.40. The minimum Gasteiger partial charge on any atom is -0.508 e. The van der Waals surface area contributed by atoms with Crippen LogP contribution in [0.15, 0.2) is 27.8 Å². The lowest BCUT2D eigenvalue weighted by molar-refractivity contribution is 0.468. The van der Waals surface area contributed by atoms with Crippen molar-refractivity contribution in [2.45, 2.75) is 6.42 Å². The normalized spacial score (nSPS) is 9.31. The van der Waals surface area contributed by atoms with E-state index in [2.05, 4.69) is 26.0 Å². The molecule has 0 saturated carbocycles. The summed E-state index contributed by atoms with van der Waals surface area (Å²) in [4.78, 5) is 2.63. The summed E-state index contributed by atoms with van der Waals surface area (Å²) in [5.74, 6) is 0.233. The second-order valence-corrected chi connectivity index (χ2v) is 3.39. The standard InChI is InChI=1S/C8H8BrN3O/c9-7-1-2-8(13)6(5-7)3-4-11-12-10/h1-2,5,13H,3-4H2. The van der Waals surface area contributed by atoms with Crippen LogP contribution >= 0.6 is 15.9 Å². The van der Waals surface area contributed by atoms with Crippen molar-refractivity contribution < 1.29 is 5.11 Å². The van der Waals surface area contributed by atoms with E-state index in [1.165, 1.54) is 0 Å². The molecule has 0 saturated heterocycles. The highest BCUT2D eigenvalue weighted by molar-refractivity contribution is 9.10. The summed E-state index contributed by atoms with van der Waals surface area (Å²) in [6.07, 6.45) is 0.551. The van der Waals surface area contributed by atoms with E-state index in [1.807, 2.05) is 6.07 Å². The molecule has 0 unspecified atom stereocenters. The number of hydrogen-bond donors (Lipinski definition) is 1. The zero-order chi connectivity index (χ0) is 9.68. The molecule has 4 nitrogen and oxygen atoms in total. The summed E-state index contributed by atoms with van der Waals surface area (Å²) >= 11 is 3.29. The Morgan fingerprint density at radius 2 is 2.31 bits per heavy atom. The maximum absolute atomic E-state index is 9.38. The van der Waals surface area contributed by atoms with E-state index in [0.717, 1.165) is 10.0 Å². The molecule has 1 rings (SSSR count). The molecule has 0 aliphatic rings. The van der Waals surface area contributed by atoms with Gasteiger partial charge in [-0.2, -0.15) is 0 Å². The molecule has 13 heavy (non-hydrogen) atoms. The van der Waals surface area contributed by atoms with Crippen LogP contribution in [0.4, 0.5) is 0 Å². The van der Waals surface area contributed by atoms with Crippen LogP contribution in [-0.4, -0.2) is 11.7 Å². The number of aromatic hydroxyl groups is 1. The topological polar surface area (TPSA) is 69.0 Å². The second kappa shape index (κ2) is 4.74. The lowest BCUT2D eigenvalue weighted by Crippen LogP contribution is -1.89. The first kappa shape index (κ1) is 9.89. The number of nitrogens with zero attached hydrogens (tertiary/aromatic N) is 3. The minimum absolute atomic E-state index is 0.233. The van der Waals surface area contributed by atoms with Crippen molar-refractivity contribution in [3.8, 4) is 5.75 Å². The zero-order valence-electron chi connectivity index (χ0n) is 6.81. The fourth-order valence-electron chi connectivity index (χ4n) is 0.969. The van der Waals surface area contributed by atoms with Gasteiger partial charge in [-0.25, -0.2) is 0 Å². The SMILES string of the molecule is [N-]=[N+]=NCCc1cc(Br)ccc1O. The van der Waals surface area contributed by atoms with Gasteiger partial charge in [0.05, 0.1) is 0 Å². The molecular weight excluding hydrogens is 234 g/mol. The average molecular weight is 242 g/mol. The number of halogens is 1. The number of phenolic OH excluding ortho intramolecular Hbond substituents is 1. The Morgan fingerprint density at radius 1 is 1.54 bits per heavy atom. The molecule has 1 N–H and O–H groups in total. The molecule has 0 heterocycles. The highest BCUT2D eigenvalue weighted by Crippen LogP contribution is 2.22. The lowest BCUT2D eigenvalue weighted by atomic mass is 10.1. The van der Waals surface area contributed by atoms with Gasteiger partial charge in [-0.3, -0.25) is 0 Å². The molecule has 0 spiro atoms. The molecule has 5 heteroatoms. The van der Waals surface area contributed by atoms with Gasteiger partial charge < -0.3 is 5.11 Å². The number of hydrogen-bond acceptors (Lipinski definition) is 2. The van der Waals surface area contributed by atoms with E-state index in [1.54, 1.807) is 12.1 Å². The molecule has 68 valence electrons. The van der Waals surface area contributed by atoms with E-state index in [9.17, 15) is 5.11 Å². The first-order valence-corrected chi connectivity index (χ1v) is 4.51. The van der Waals surface area contributed by atoms with Gasteiger partial charge in [-0.15, -0.1) is 0 Å². The van der Waals surface area contributed by atoms with Crippen LogP contribution in [0.5, 0.6) is 5.75 Å². The van der Waals surface area contributed by atoms with Crippen molar-refractivity contribution in [2.75, 3.05) is 6.54 Å². The third kappa shape index (κ3) is 2.97. The molecule has 0 aliphatic carbocycles. The van der Waals surface area contributed by atoms with E-state index < -0.39 is 0 Å². The number of phenols is 1. The molecule has 1 aromatic rings. The number of azide groups is 1. The Labute approximate surface area is 84.0 Å². The molecule has 1 aromatic carbocycles. The summed E-state index contributed by atoms with van der Waals surface area (Å²) in [6, 6.07) is 5.17. The van der Waals surface area contributed by atoms with Crippen molar-refractivity contribution in [1.82, 2.24) is 0 Å². The molecular formula is C8H8BrN3O. The third-order valence-electron chi connectivity index (χ3n) is 1.59. The molecule has 0 bridgehead atoms. The van der Waals surface area contributed by atoms with Gasteiger partial charge in [-0.05, 0) is 35.7 Å². The number of rotatable bonds is 3. The Bertz CT molecular complexity index is 347. The Kier molecular flexibility index (Phi) is 3.61. The van der Waals surface area contributed by atoms with Crippen LogP contribution in [0, 0.1) is 0 Å². The van der Waals surface area contributed by atoms with Crippen LogP contribution in [0.2, 0.25) is 0 Å². The maximum atomic E-state index is 9.38. The monoisotopic (exact) mass is 241 g/mol. The van der Waals surface area contributed by atoms with E-state index >= 15 is 0 Å². The van der Waals surface area contributed by atoms with Crippen LogP contribution in [0.1, 0.15) is 5.56 Å². The van der Waals surface area contributed by atoms with Crippen LogP contribution in [0.3, 0.4) is 0 Å². The van der Waals surface area contributed by atoms with Gasteiger partial charge in [0, 0.05) is 15.9 Å². The first-order chi connectivity index (χ1) is 6.24. The highest BCUT2D eigenvalue weighted by atomic mass is 79.9. The Morgan fingerprint density at radius 3 is 3.00 bits per heavy atom. The van der Waals surface area contributed by atoms with E-state index in [-0.39, 0.29) is 5.75 Å². The molecule has 0 fully saturated rings. The minimum atomic E-state index is 0.233. The predicted molar refractivity (Wildman–Crippen MR) is 53.5 cm³/mol. The highest BCUT2D eigenvalue weighted by Gasteiger charge is 2.00. The number of benzene rings is 1. The summed E-state index contributed by atoms with van der Waals surface area (Å²) in [6.45, 7) is 0.362. The van der Waals surface area contributed by atoms with Crippen LogP contribution in [0.25, 0.3) is 10.4 Å². The summed E-state index contributed by atoms with van der Waals surface area (Å²) in [5, 5.41) is 12.8. The molecule has 0 aliphatic heterocycles. The fraction of sp³-hybridized carbons (Fsp3) is 0.250. The van der Waals surface area contributed by atoms with Gasteiger partial charge >= 0.3 is 0 Å². The summed E-state index contributed by atoms with van der Waals surface area (Å²) in [7, 11) is 0. The van der Waals surface area contributed by atoms with Crippen molar-refractivity contribution in [2.24, 2.45) is 5.11 Å². The van der Waals surface area contributed by atoms with Gasteiger partial charge in [0.25, 0.3) is 0 Å². The predicted octanol–water partition coefficient (Wildman–Crippen LogP) is 3.01. The van der Waals surface area contributed by atoms with Gasteiger partial charge in [0.1, 0.15) is 5.75 Å². The Balaban J connectivity index is 2.75. The summed E-state index contributed by atoms with van der Waals surface area (Å²) in [5.41, 5.74) is 8.83. The molecule has 0 amide bonds. The van der Waals surface area contributed by atoms with Crippen molar-refractivity contribution in [3.63, 3.8) is 0 Å². The van der Waals surface area contributed by atoms with Crippen LogP contribution in [-0.2, 0) is 6.42 Å². The lowest BCUT2D eigenvalue weighted by Gasteiger charge is -2.02. The van der Waals surface area contributed by atoms with Gasteiger partial charge in [-0.1, -0.05) is 21.0 Å². The third-order valence-corrected chi connectivity index (χ3v) is 2.08. The van der Waals surface area contributed by atoms with Crippen molar-refractivity contribution >= 4 is 15.9 Å². The van der Waals surface area contributed by atoms with Gasteiger partial charge in [0.15, 0.2) is 0 Å². The fourth-order valence-corrected chi connectivity index (χ4v) is 1.38. The first-order valence-electron chi connectivity index (χ1n) is 3.72. The molecule has 0 aromatic heterocycles. The van der Waals surface area contributed by atoms with E-state index in [0.29, 0.717) is 13.0 Å². The van der Waals surface area contributed by atoms with E-state index in [4.69, 9.17) is 5.53 Å². The molecule has 0 atom stereocenters. The maximum Gasteiger partial charge on any atom is 0.118 e. The van der Waals surface area contributed by atoms with Crippen LogP contribution < -0.4 is 0 Å². The average Bonchev–Trinajstić information content (AvgIpc) is 2.11. The summed E-state index contributed by atoms with van der Waals surface area (Å²) < 4.78 is 0.904. The van der Waals surface area contributed by atoms with Gasteiger partial charge in [0.2, 0.25) is 0 Å². The quantitative estimate of drug-likeness (QED) is 0.494. The second-order valence-electron chi connectivity index (χ2n) is 2.48. The Hall–Kier alpha value is -1.19. The smallest absolute Gasteiger partial charge is 0.118 e. The van der Waals surface area contributed by atoms with Crippen molar-refractivity contribution in [1.29, 1.82) is 0 Å².